The number of ketones is 1. The number of hydrogen-bond donors (Lipinski definition) is 3. The largest absolute Gasteiger partial charge is 0.458 e. The van der Waals surface area contributed by atoms with Crippen LogP contribution in [0.3, 0.4) is 0 Å². The van der Waals surface area contributed by atoms with Crippen molar-refractivity contribution in [1.82, 2.24) is 0 Å². The molecule has 0 aromatic carbocycles. The second-order valence-electron chi connectivity index (χ2n) is 12.4. The predicted molar refractivity (Wildman–Crippen MR) is 121 cm³/mol. The number of hydrogen-bond acceptors (Lipinski definition) is 7. The van der Waals surface area contributed by atoms with Gasteiger partial charge in [0.05, 0.1) is 24.4 Å². The summed E-state index contributed by atoms with van der Waals surface area (Å²) in [7, 11) is 0. The van der Waals surface area contributed by atoms with Crippen molar-refractivity contribution in [3.63, 3.8) is 0 Å². The van der Waals surface area contributed by atoms with Crippen LogP contribution in [0.25, 0.3) is 0 Å². The molecule has 7 heteroatoms. The van der Waals surface area contributed by atoms with E-state index in [1.807, 2.05) is 6.92 Å². The average molecular weight is 475 g/mol. The first-order valence-electron chi connectivity index (χ1n) is 13.2. The second kappa shape index (κ2) is 7.37. The third-order valence-electron chi connectivity index (χ3n) is 11.4. The molecular weight excluding hydrogens is 436 g/mol. The fraction of sp³-hybridized carbons (Fsp3) is 0.852. The summed E-state index contributed by atoms with van der Waals surface area (Å²) in [5.74, 6) is 0.453. The highest BCUT2D eigenvalue weighted by Crippen LogP contribution is 2.71. The van der Waals surface area contributed by atoms with Crippen molar-refractivity contribution in [2.75, 3.05) is 6.61 Å². The third-order valence-corrected chi connectivity index (χ3v) is 11.4. The Labute approximate surface area is 200 Å². The van der Waals surface area contributed by atoms with E-state index in [9.17, 15) is 24.9 Å². The van der Waals surface area contributed by atoms with E-state index < -0.39 is 23.3 Å². The number of cyclic esters (lactones) is 1. The van der Waals surface area contributed by atoms with Gasteiger partial charge in [0.1, 0.15) is 6.10 Å². The minimum atomic E-state index is -1.56. The number of aliphatic hydroxyl groups is 3. The molecule has 0 amide bonds. The standard InChI is InChI=1S/C27H38O7/c1-13-10-20(33-24(31)16(13)12-28)14(2)17-4-5-18-15-11-23-27(34-23)22(30)7-6-21(29)26(27,32)19(15)8-9-25(17,18)3/h14-15,17-20,22-23,28,30,32H,4-12H2,1-3H3. The Bertz CT molecular complexity index is 959. The molecule has 0 aromatic heterocycles. The highest BCUT2D eigenvalue weighted by atomic mass is 16.6. The summed E-state index contributed by atoms with van der Waals surface area (Å²) in [5, 5.41) is 32.2. The van der Waals surface area contributed by atoms with Gasteiger partial charge in [-0.05, 0) is 74.5 Å². The molecule has 0 bridgehead atoms. The lowest BCUT2D eigenvalue weighted by atomic mass is 9.47. The SMILES string of the molecule is CC1=C(CO)C(=O)OC(C(C)C2CCC3C4CC5OC56C(O)CCC(=O)C6(O)C4CCC23C)C1. The molecule has 34 heavy (non-hydrogen) atoms. The van der Waals surface area contributed by atoms with Crippen LogP contribution in [-0.4, -0.2) is 63.2 Å². The molecule has 2 heterocycles. The van der Waals surface area contributed by atoms with Gasteiger partial charge >= 0.3 is 5.97 Å². The predicted octanol–water partition coefficient (Wildman–Crippen LogP) is 2.30. The normalized spacial score (nSPS) is 52.8. The van der Waals surface area contributed by atoms with Crippen LogP contribution in [0.5, 0.6) is 0 Å². The molecule has 0 radical (unpaired) electrons. The molecule has 2 aliphatic heterocycles. The van der Waals surface area contributed by atoms with Gasteiger partial charge in [0.25, 0.3) is 0 Å². The van der Waals surface area contributed by atoms with Gasteiger partial charge in [0.15, 0.2) is 17.0 Å². The molecule has 3 N–H and O–H groups in total. The third kappa shape index (κ3) is 2.67. The number of fused-ring (bicyclic) bond motifs is 4. The summed E-state index contributed by atoms with van der Waals surface area (Å²) < 4.78 is 11.9. The number of ether oxygens (including phenoxy) is 2. The Morgan fingerprint density at radius 3 is 2.62 bits per heavy atom. The van der Waals surface area contributed by atoms with Crippen molar-refractivity contribution in [1.29, 1.82) is 0 Å². The first-order chi connectivity index (χ1) is 16.1. The smallest absolute Gasteiger partial charge is 0.336 e. The molecule has 11 unspecified atom stereocenters. The molecule has 1 spiro atoms. The fourth-order valence-corrected chi connectivity index (χ4v) is 9.58. The van der Waals surface area contributed by atoms with Crippen molar-refractivity contribution in [3.8, 4) is 0 Å². The molecule has 4 aliphatic carbocycles. The molecular formula is C27H38O7. The fourth-order valence-electron chi connectivity index (χ4n) is 9.58. The Hall–Kier alpha value is -1.28. The van der Waals surface area contributed by atoms with Gasteiger partial charge in [0, 0.05) is 18.8 Å². The zero-order valence-electron chi connectivity index (χ0n) is 20.5. The number of esters is 1. The minimum Gasteiger partial charge on any atom is -0.458 e. The van der Waals surface area contributed by atoms with Crippen molar-refractivity contribution in [3.05, 3.63) is 11.1 Å². The number of carbonyl (C=O) groups is 2. The summed E-state index contributed by atoms with van der Waals surface area (Å²) in [6, 6.07) is 0. The zero-order valence-corrected chi connectivity index (χ0v) is 20.5. The van der Waals surface area contributed by atoms with Gasteiger partial charge < -0.3 is 24.8 Å². The van der Waals surface area contributed by atoms with Crippen LogP contribution in [0.15, 0.2) is 11.1 Å². The van der Waals surface area contributed by atoms with Crippen LogP contribution in [0.2, 0.25) is 0 Å². The van der Waals surface area contributed by atoms with Gasteiger partial charge in [-0.1, -0.05) is 19.4 Å². The van der Waals surface area contributed by atoms with Crippen LogP contribution in [0.1, 0.15) is 72.1 Å². The van der Waals surface area contributed by atoms with Crippen molar-refractivity contribution >= 4 is 11.8 Å². The van der Waals surface area contributed by atoms with Crippen molar-refractivity contribution < 1.29 is 34.4 Å². The number of aliphatic hydroxyl groups excluding tert-OH is 2. The van der Waals surface area contributed by atoms with Crippen molar-refractivity contribution in [2.24, 2.45) is 35.0 Å². The molecule has 0 aromatic rings. The molecule has 6 aliphatic rings. The summed E-state index contributed by atoms with van der Waals surface area (Å²) in [6.45, 7) is 6.20. The molecule has 188 valence electrons. The first-order valence-corrected chi connectivity index (χ1v) is 13.2. The van der Waals surface area contributed by atoms with Gasteiger partial charge in [-0.3, -0.25) is 4.79 Å². The van der Waals surface area contributed by atoms with Crippen LogP contribution >= 0.6 is 0 Å². The number of Topliss-reactive ketones (excluding diaryl/α,β-unsaturated/α-hetero) is 1. The van der Waals surface area contributed by atoms with Gasteiger partial charge in [0.2, 0.25) is 0 Å². The Morgan fingerprint density at radius 2 is 1.91 bits per heavy atom. The van der Waals surface area contributed by atoms with E-state index in [1.54, 1.807) is 0 Å². The Kier molecular flexibility index (Phi) is 5.02. The summed E-state index contributed by atoms with van der Waals surface area (Å²) in [4.78, 5) is 25.6. The van der Waals surface area contributed by atoms with Crippen LogP contribution < -0.4 is 0 Å². The highest BCUT2D eigenvalue weighted by molar-refractivity contribution is 5.91. The second-order valence-corrected chi connectivity index (χ2v) is 12.4. The van der Waals surface area contributed by atoms with Gasteiger partial charge in [-0.15, -0.1) is 0 Å². The Morgan fingerprint density at radius 1 is 1.15 bits per heavy atom. The quantitative estimate of drug-likeness (QED) is 0.424. The molecule has 11 atom stereocenters. The topological polar surface area (TPSA) is 117 Å². The Balaban J connectivity index is 1.26. The zero-order chi connectivity index (χ0) is 24.2. The van der Waals surface area contributed by atoms with E-state index in [-0.39, 0.29) is 54.2 Å². The maximum absolute atomic E-state index is 13.1. The van der Waals surface area contributed by atoms with Crippen LogP contribution in [0.4, 0.5) is 0 Å². The highest BCUT2D eigenvalue weighted by Gasteiger charge is 2.82. The van der Waals surface area contributed by atoms with Gasteiger partial charge in [-0.25, -0.2) is 4.79 Å². The maximum atomic E-state index is 13.1. The molecule has 5 fully saturated rings. The number of rotatable bonds is 3. The van der Waals surface area contributed by atoms with Crippen LogP contribution in [-0.2, 0) is 19.1 Å². The van der Waals surface area contributed by atoms with E-state index in [1.165, 1.54) is 0 Å². The van der Waals surface area contributed by atoms with E-state index in [0.717, 1.165) is 37.7 Å². The van der Waals surface area contributed by atoms with Crippen molar-refractivity contribution in [2.45, 2.75) is 102 Å². The summed E-state index contributed by atoms with van der Waals surface area (Å²) in [5.41, 5.74) is -1.28. The minimum absolute atomic E-state index is 0.0451. The van der Waals surface area contributed by atoms with E-state index in [0.29, 0.717) is 30.3 Å². The monoisotopic (exact) mass is 474 g/mol. The number of carbonyl (C=O) groups excluding carboxylic acids is 2. The lowest BCUT2D eigenvalue weighted by Crippen LogP contribution is -2.70. The lowest BCUT2D eigenvalue weighted by molar-refractivity contribution is -0.197. The summed E-state index contributed by atoms with van der Waals surface area (Å²) >= 11 is 0. The van der Waals surface area contributed by atoms with Crippen LogP contribution in [0, 0.1) is 35.0 Å². The molecule has 4 saturated carbocycles. The van der Waals surface area contributed by atoms with Gasteiger partial charge in [-0.2, -0.15) is 0 Å². The maximum Gasteiger partial charge on any atom is 0.336 e. The first kappa shape index (κ1) is 23.1. The van der Waals surface area contributed by atoms with E-state index in [2.05, 4.69) is 13.8 Å². The lowest BCUT2D eigenvalue weighted by Gasteiger charge is -2.58. The number of epoxide rings is 1. The van der Waals surface area contributed by atoms with E-state index in [4.69, 9.17) is 9.47 Å². The average Bonchev–Trinajstić information content (AvgIpc) is 3.43. The van der Waals surface area contributed by atoms with E-state index >= 15 is 0 Å². The summed E-state index contributed by atoms with van der Waals surface area (Å²) in [6.07, 6.45) is 4.62. The molecule has 7 nitrogen and oxygen atoms in total. The molecule has 1 saturated heterocycles. The molecule has 6 rings (SSSR count).